The predicted octanol–water partition coefficient (Wildman–Crippen LogP) is 2.47. The fourth-order valence-corrected chi connectivity index (χ4v) is 3.16. The Bertz CT molecular complexity index is 592. The van der Waals surface area contributed by atoms with Gasteiger partial charge in [0, 0.05) is 31.2 Å². The number of hydrogen-bond donors (Lipinski definition) is 2. The van der Waals surface area contributed by atoms with Crippen molar-refractivity contribution in [2.75, 3.05) is 19.6 Å². The Kier molecular flexibility index (Phi) is 6.02. The highest BCUT2D eigenvalue weighted by molar-refractivity contribution is 5.96. The van der Waals surface area contributed by atoms with Crippen LogP contribution in [0.5, 0.6) is 0 Å². The Morgan fingerprint density at radius 3 is 2.67 bits per heavy atom. The lowest BCUT2D eigenvalue weighted by Crippen LogP contribution is -2.44. The third-order valence-electron chi connectivity index (χ3n) is 4.63. The molecule has 6 heteroatoms. The molecule has 24 heavy (non-hydrogen) atoms. The zero-order valence-electron chi connectivity index (χ0n) is 15.5. The summed E-state index contributed by atoms with van der Waals surface area (Å²) in [4.78, 5) is 26.6. The number of H-pyrrole nitrogens is 1. The molecule has 1 aliphatic rings. The third kappa shape index (κ3) is 4.16. The van der Waals surface area contributed by atoms with Gasteiger partial charge in [-0.1, -0.05) is 27.7 Å². The Morgan fingerprint density at radius 1 is 1.33 bits per heavy atom. The van der Waals surface area contributed by atoms with Gasteiger partial charge in [0.2, 0.25) is 5.91 Å². The van der Waals surface area contributed by atoms with E-state index in [0.29, 0.717) is 19.0 Å². The van der Waals surface area contributed by atoms with Gasteiger partial charge in [-0.25, -0.2) is 0 Å². The summed E-state index contributed by atoms with van der Waals surface area (Å²) < 4.78 is 0. The number of likely N-dealkylation sites (tertiary alicyclic amines) is 1. The summed E-state index contributed by atoms with van der Waals surface area (Å²) >= 11 is 0. The number of nitrogens with zero attached hydrogens (tertiary/aromatic N) is 2. The second kappa shape index (κ2) is 7.81. The Hall–Kier alpha value is -1.85. The second-order valence-corrected chi connectivity index (χ2v) is 7.42. The van der Waals surface area contributed by atoms with Gasteiger partial charge in [0.25, 0.3) is 5.91 Å². The number of amides is 2. The van der Waals surface area contributed by atoms with Crippen LogP contribution in [-0.4, -0.2) is 46.5 Å². The molecule has 0 aromatic carbocycles. The zero-order valence-corrected chi connectivity index (χ0v) is 15.5. The first-order valence-corrected chi connectivity index (χ1v) is 8.93. The molecule has 2 rings (SSSR count). The molecule has 1 unspecified atom stereocenters. The molecular weight excluding hydrogens is 304 g/mol. The molecule has 0 aliphatic carbocycles. The molecule has 0 spiro atoms. The van der Waals surface area contributed by atoms with Crippen LogP contribution in [0.4, 0.5) is 0 Å². The molecule has 6 nitrogen and oxygen atoms in total. The van der Waals surface area contributed by atoms with Gasteiger partial charge in [-0.3, -0.25) is 14.7 Å². The van der Waals surface area contributed by atoms with Crippen molar-refractivity contribution in [1.29, 1.82) is 0 Å². The van der Waals surface area contributed by atoms with Crippen LogP contribution in [0.25, 0.3) is 0 Å². The average Bonchev–Trinajstić information content (AvgIpc) is 2.93. The summed E-state index contributed by atoms with van der Waals surface area (Å²) in [6, 6.07) is 0. The number of carbonyl (C=O) groups is 2. The lowest BCUT2D eigenvalue weighted by Gasteiger charge is -2.33. The molecule has 1 aliphatic heterocycles. The second-order valence-electron chi connectivity index (χ2n) is 7.42. The van der Waals surface area contributed by atoms with Crippen molar-refractivity contribution < 1.29 is 9.59 Å². The topological polar surface area (TPSA) is 78.1 Å². The van der Waals surface area contributed by atoms with Crippen LogP contribution >= 0.6 is 0 Å². The van der Waals surface area contributed by atoms with E-state index in [4.69, 9.17) is 0 Å². The van der Waals surface area contributed by atoms with Gasteiger partial charge < -0.3 is 10.2 Å². The van der Waals surface area contributed by atoms with Crippen LogP contribution in [0, 0.1) is 18.8 Å². The highest BCUT2D eigenvalue weighted by atomic mass is 16.2. The summed E-state index contributed by atoms with van der Waals surface area (Å²) in [7, 11) is 0. The molecule has 2 heterocycles. The van der Waals surface area contributed by atoms with Crippen molar-refractivity contribution in [3.63, 3.8) is 0 Å². The van der Waals surface area contributed by atoms with Gasteiger partial charge in [-0.05, 0) is 31.6 Å². The number of aromatic nitrogens is 2. The molecule has 2 amide bonds. The summed E-state index contributed by atoms with van der Waals surface area (Å²) in [6.07, 6.45) is 2.02. The van der Waals surface area contributed by atoms with E-state index >= 15 is 0 Å². The lowest BCUT2D eigenvalue weighted by atomic mass is 9.96. The predicted molar refractivity (Wildman–Crippen MR) is 93.9 cm³/mol. The third-order valence-corrected chi connectivity index (χ3v) is 4.63. The van der Waals surface area contributed by atoms with E-state index < -0.39 is 0 Å². The number of rotatable bonds is 5. The van der Waals surface area contributed by atoms with Gasteiger partial charge in [-0.15, -0.1) is 0 Å². The van der Waals surface area contributed by atoms with Crippen LogP contribution in [0.2, 0.25) is 0 Å². The molecular formula is C18H30N4O2. The maximum atomic E-state index is 13.0. The van der Waals surface area contributed by atoms with Crippen molar-refractivity contribution in [1.82, 2.24) is 20.4 Å². The number of piperidine rings is 1. The van der Waals surface area contributed by atoms with Crippen molar-refractivity contribution in [3.05, 3.63) is 17.0 Å². The van der Waals surface area contributed by atoms with Gasteiger partial charge >= 0.3 is 0 Å². The van der Waals surface area contributed by atoms with Crippen LogP contribution in [-0.2, 0) is 4.79 Å². The zero-order chi connectivity index (χ0) is 17.9. The minimum Gasteiger partial charge on any atom is -0.356 e. The molecule has 2 N–H and O–H groups in total. The van der Waals surface area contributed by atoms with Gasteiger partial charge in [0.1, 0.15) is 0 Å². The van der Waals surface area contributed by atoms with E-state index in [0.717, 1.165) is 36.3 Å². The number of aryl methyl sites for hydroxylation is 1. The molecule has 0 bridgehead atoms. The molecule has 1 aromatic heterocycles. The number of hydrogen-bond acceptors (Lipinski definition) is 3. The van der Waals surface area contributed by atoms with Crippen LogP contribution in [0.1, 0.15) is 68.2 Å². The van der Waals surface area contributed by atoms with E-state index in [9.17, 15) is 9.59 Å². The molecule has 0 saturated carbocycles. The molecule has 1 fully saturated rings. The minimum atomic E-state index is -0.00601. The van der Waals surface area contributed by atoms with E-state index in [1.807, 2.05) is 39.5 Å². The largest absolute Gasteiger partial charge is 0.356 e. The summed E-state index contributed by atoms with van der Waals surface area (Å²) in [6.45, 7) is 11.9. The van der Waals surface area contributed by atoms with E-state index in [2.05, 4.69) is 15.5 Å². The summed E-state index contributed by atoms with van der Waals surface area (Å²) in [5, 5.41) is 10.2. The number of aromatic amines is 1. The highest BCUT2D eigenvalue weighted by Crippen LogP contribution is 2.24. The smallest absolute Gasteiger partial charge is 0.257 e. The number of nitrogens with one attached hydrogen (secondary N) is 2. The summed E-state index contributed by atoms with van der Waals surface area (Å²) in [5.41, 5.74) is 2.39. The van der Waals surface area contributed by atoms with Crippen molar-refractivity contribution >= 4 is 11.8 Å². The maximum Gasteiger partial charge on any atom is 0.257 e. The van der Waals surface area contributed by atoms with Crippen LogP contribution < -0.4 is 5.32 Å². The maximum absolute atomic E-state index is 13.0. The van der Waals surface area contributed by atoms with E-state index in [1.165, 1.54) is 0 Å². The average molecular weight is 334 g/mol. The Labute approximate surface area is 144 Å². The first-order chi connectivity index (χ1) is 11.3. The normalized spacial score (nSPS) is 18.3. The Balaban J connectivity index is 2.03. The SMILES string of the molecule is Cc1[nH]nc(C(C)C)c1C(=O)N1CCCC(CNC(=O)C(C)C)C1. The fourth-order valence-electron chi connectivity index (χ4n) is 3.16. The van der Waals surface area contributed by atoms with Crippen molar-refractivity contribution in [3.8, 4) is 0 Å². The molecule has 1 atom stereocenters. The monoisotopic (exact) mass is 334 g/mol. The first-order valence-electron chi connectivity index (χ1n) is 8.93. The van der Waals surface area contributed by atoms with Gasteiger partial charge in [0.05, 0.1) is 11.3 Å². The highest BCUT2D eigenvalue weighted by Gasteiger charge is 2.29. The van der Waals surface area contributed by atoms with Crippen LogP contribution in [0.3, 0.4) is 0 Å². The van der Waals surface area contributed by atoms with Crippen molar-refractivity contribution in [2.45, 2.75) is 53.4 Å². The molecule has 1 aromatic rings. The summed E-state index contributed by atoms with van der Waals surface area (Å²) in [5.74, 6) is 0.657. The number of carbonyl (C=O) groups excluding carboxylic acids is 2. The standard InChI is InChI=1S/C18H30N4O2/c1-11(2)16-15(13(5)20-21-16)18(24)22-8-6-7-14(10-22)9-19-17(23)12(3)4/h11-12,14H,6-10H2,1-5H3,(H,19,23)(H,20,21). The molecule has 1 saturated heterocycles. The lowest BCUT2D eigenvalue weighted by molar-refractivity contribution is -0.124. The quantitative estimate of drug-likeness (QED) is 0.868. The van der Waals surface area contributed by atoms with Crippen molar-refractivity contribution in [2.24, 2.45) is 11.8 Å². The Morgan fingerprint density at radius 2 is 2.04 bits per heavy atom. The van der Waals surface area contributed by atoms with Crippen LogP contribution in [0.15, 0.2) is 0 Å². The van der Waals surface area contributed by atoms with E-state index in [-0.39, 0.29) is 23.7 Å². The molecule has 0 radical (unpaired) electrons. The first kappa shape index (κ1) is 18.5. The fraction of sp³-hybridized carbons (Fsp3) is 0.722. The van der Waals surface area contributed by atoms with Gasteiger partial charge in [-0.2, -0.15) is 5.10 Å². The van der Waals surface area contributed by atoms with Gasteiger partial charge in [0.15, 0.2) is 0 Å². The molecule has 134 valence electrons. The minimum absolute atomic E-state index is 0.00601. The van der Waals surface area contributed by atoms with E-state index in [1.54, 1.807) is 0 Å².